The van der Waals surface area contributed by atoms with Crippen LogP contribution in [0.1, 0.15) is 27.0 Å². The van der Waals surface area contributed by atoms with E-state index in [0.717, 1.165) is 17.5 Å². The molecular formula is C22H29FN4O2. The first-order valence-electron chi connectivity index (χ1n) is 9.46. The molecule has 7 heteroatoms. The summed E-state index contributed by atoms with van der Waals surface area (Å²) in [6.07, 6.45) is 0.754. The zero-order valence-corrected chi connectivity index (χ0v) is 17.5. The predicted molar refractivity (Wildman–Crippen MR) is 113 cm³/mol. The lowest BCUT2D eigenvalue weighted by atomic mass is 10.1. The Labute approximate surface area is 171 Å². The van der Waals surface area contributed by atoms with E-state index in [1.165, 1.54) is 6.07 Å². The van der Waals surface area contributed by atoms with Gasteiger partial charge in [-0.1, -0.05) is 18.2 Å². The van der Waals surface area contributed by atoms with Gasteiger partial charge in [-0.05, 0) is 41.8 Å². The monoisotopic (exact) mass is 400 g/mol. The van der Waals surface area contributed by atoms with E-state index in [0.29, 0.717) is 30.2 Å². The molecule has 0 fully saturated rings. The van der Waals surface area contributed by atoms with Gasteiger partial charge in [-0.3, -0.25) is 9.79 Å². The van der Waals surface area contributed by atoms with Gasteiger partial charge in [-0.2, -0.15) is 0 Å². The molecule has 0 atom stereocenters. The summed E-state index contributed by atoms with van der Waals surface area (Å²) < 4.78 is 18.7. The molecule has 156 valence electrons. The lowest BCUT2D eigenvalue weighted by Gasteiger charge is -2.14. The van der Waals surface area contributed by atoms with Gasteiger partial charge in [0.25, 0.3) is 5.91 Å². The molecule has 6 nitrogen and oxygen atoms in total. The number of hydrogen-bond donors (Lipinski definition) is 2. The molecule has 2 aromatic rings. The number of nitrogens with zero attached hydrogens (tertiary/aromatic N) is 2. The molecule has 0 aliphatic heterocycles. The van der Waals surface area contributed by atoms with Gasteiger partial charge in [-0.25, -0.2) is 4.39 Å². The van der Waals surface area contributed by atoms with Crippen LogP contribution < -0.4 is 10.6 Å². The number of aliphatic imine (C=N–C) groups is 1. The topological polar surface area (TPSA) is 66.0 Å². The van der Waals surface area contributed by atoms with Gasteiger partial charge in [0.1, 0.15) is 5.82 Å². The highest BCUT2D eigenvalue weighted by Gasteiger charge is 2.08. The number of benzene rings is 2. The highest BCUT2D eigenvalue weighted by Crippen LogP contribution is 2.12. The van der Waals surface area contributed by atoms with Crippen molar-refractivity contribution in [3.05, 3.63) is 70.5 Å². The van der Waals surface area contributed by atoms with Crippen LogP contribution >= 0.6 is 0 Å². The van der Waals surface area contributed by atoms with Crippen molar-refractivity contribution in [2.24, 2.45) is 4.99 Å². The number of amides is 1. The third-order valence-electron chi connectivity index (χ3n) is 4.38. The fraction of sp³-hybridized carbons (Fsp3) is 0.364. The molecule has 0 aliphatic carbocycles. The molecule has 0 heterocycles. The van der Waals surface area contributed by atoms with E-state index in [9.17, 15) is 9.18 Å². The van der Waals surface area contributed by atoms with Crippen LogP contribution in [0.4, 0.5) is 4.39 Å². The number of methoxy groups -OCH3 is 1. The first-order chi connectivity index (χ1) is 13.9. The van der Waals surface area contributed by atoms with Gasteiger partial charge >= 0.3 is 0 Å². The molecule has 29 heavy (non-hydrogen) atoms. The SMILES string of the molecule is CN=C(NCCc1cccc(C(=O)N(C)C)c1)NCc1ccc(F)c(COC)c1. The summed E-state index contributed by atoms with van der Waals surface area (Å²) in [7, 11) is 6.73. The van der Waals surface area contributed by atoms with E-state index in [2.05, 4.69) is 15.6 Å². The van der Waals surface area contributed by atoms with Crippen LogP contribution in [0.15, 0.2) is 47.5 Å². The Kier molecular flexibility index (Phi) is 8.61. The second-order valence-electron chi connectivity index (χ2n) is 6.86. The van der Waals surface area contributed by atoms with E-state index in [4.69, 9.17) is 4.74 Å². The number of carbonyl (C=O) groups excluding carboxylic acids is 1. The highest BCUT2D eigenvalue weighted by atomic mass is 19.1. The van der Waals surface area contributed by atoms with E-state index < -0.39 is 0 Å². The van der Waals surface area contributed by atoms with Crippen molar-refractivity contribution in [3.63, 3.8) is 0 Å². The summed E-state index contributed by atoms with van der Waals surface area (Å²) in [6, 6.07) is 12.6. The number of ether oxygens (including phenoxy) is 1. The number of halogens is 1. The quantitative estimate of drug-likeness (QED) is 0.528. The minimum atomic E-state index is -0.270. The normalized spacial score (nSPS) is 11.3. The molecule has 2 aromatic carbocycles. The van der Waals surface area contributed by atoms with Gasteiger partial charge in [0, 0.05) is 52.5 Å². The van der Waals surface area contributed by atoms with Crippen LogP contribution in [0.3, 0.4) is 0 Å². The minimum absolute atomic E-state index is 0.00979. The summed E-state index contributed by atoms with van der Waals surface area (Å²) >= 11 is 0. The maximum absolute atomic E-state index is 13.7. The molecule has 1 amide bonds. The van der Waals surface area contributed by atoms with Gasteiger partial charge in [-0.15, -0.1) is 0 Å². The standard InChI is InChI=1S/C22H29FN4O2/c1-24-22(26-14-17-8-9-20(23)19(13-17)15-29-4)25-11-10-16-6-5-7-18(12-16)21(28)27(2)3/h5-9,12-13H,10-11,14-15H2,1-4H3,(H2,24,25,26). The van der Waals surface area contributed by atoms with Crippen LogP contribution in [0, 0.1) is 5.82 Å². The van der Waals surface area contributed by atoms with E-state index in [1.807, 2.05) is 24.3 Å². The number of rotatable bonds is 8. The molecule has 0 radical (unpaired) electrons. The Morgan fingerprint density at radius 2 is 1.93 bits per heavy atom. The molecule has 0 aliphatic rings. The lowest BCUT2D eigenvalue weighted by molar-refractivity contribution is 0.0827. The fourth-order valence-electron chi connectivity index (χ4n) is 2.85. The van der Waals surface area contributed by atoms with Crippen molar-refractivity contribution in [1.82, 2.24) is 15.5 Å². The Hall–Kier alpha value is -2.93. The summed E-state index contributed by atoms with van der Waals surface area (Å²) in [4.78, 5) is 17.9. The van der Waals surface area contributed by atoms with Crippen LogP contribution in [-0.4, -0.2) is 51.6 Å². The van der Waals surface area contributed by atoms with Crippen LogP contribution in [0.2, 0.25) is 0 Å². The molecule has 2 N–H and O–H groups in total. The third-order valence-corrected chi connectivity index (χ3v) is 4.38. The zero-order chi connectivity index (χ0) is 21.2. The van der Waals surface area contributed by atoms with Crippen molar-refractivity contribution >= 4 is 11.9 Å². The fourth-order valence-corrected chi connectivity index (χ4v) is 2.85. The molecule has 0 spiro atoms. The van der Waals surface area contributed by atoms with Gasteiger partial charge in [0.05, 0.1) is 6.61 Å². The van der Waals surface area contributed by atoms with Crippen molar-refractivity contribution < 1.29 is 13.9 Å². The summed E-state index contributed by atoms with van der Waals surface area (Å²) in [6.45, 7) is 1.42. The molecule has 0 aromatic heterocycles. The van der Waals surface area contributed by atoms with Crippen LogP contribution in [0.5, 0.6) is 0 Å². The van der Waals surface area contributed by atoms with Crippen molar-refractivity contribution in [3.8, 4) is 0 Å². The zero-order valence-electron chi connectivity index (χ0n) is 17.5. The van der Waals surface area contributed by atoms with E-state index >= 15 is 0 Å². The van der Waals surface area contributed by atoms with Gasteiger partial charge in [0.15, 0.2) is 5.96 Å². The van der Waals surface area contributed by atoms with E-state index in [1.54, 1.807) is 45.3 Å². The summed E-state index contributed by atoms with van der Waals surface area (Å²) in [5.41, 5.74) is 3.22. The highest BCUT2D eigenvalue weighted by molar-refractivity contribution is 5.94. The first kappa shape index (κ1) is 22.4. The maximum Gasteiger partial charge on any atom is 0.253 e. The van der Waals surface area contributed by atoms with Crippen LogP contribution in [-0.2, 0) is 24.3 Å². The van der Waals surface area contributed by atoms with Crippen LogP contribution in [0.25, 0.3) is 0 Å². The second-order valence-corrected chi connectivity index (χ2v) is 6.86. The molecule has 0 unspecified atom stereocenters. The smallest absolute Gasteiger partial charge is 0.253 e. The maximum atomic E-state index is 13.7. The second kappa shape index (κ2) is 11.2. The number of carbonyl (C=O) groups is 1. The molecule has 0 bridgehead atoms. The molecule has 0 saturated carbocycles. The van der Waals surface area contributed by atoms with E-state index in [-0.39, 0.29) is 18.3 Å². The molecular weight excluding hydrogens is 371 g/mol. The van der Waals surface area contributed by atoms with Crippen molar-refractivity contribution in [2.75, 3.05) is 34.8 Å². The number of guanidine groups is 1. The Bertz CT molecular complexity index is 852. The average Bonchev–Trinajstić information content (AvgIpc) is 2.72. The lowest BCUT2D eigenvalue weighted by Crippen LogP contribution is -2.37. The summed E-state index contributed by atoms with van der Waals surface area (Å²) in [5.74, 6) is 0.376. The average molecular weight is 400 g/mol. The Balaban J connectivity index is 1.86. The Morgan fingerprint density at radius 3 is 2.62 bits per heavy atom. The summed E-state index contributed by atoms with van der Waals surface area (Å²) in [5, 5.41) is 6.48. The largest absolute Gasteiger partial charge is 0.380 e. The van der Waals surface area contributed by atoms with Crippen molar-refractivity contribution in [1.29, 1.82) is 0 Å². The number of hydrogen-bond acceptors (Lipinski definition) is 3. The molecule has 0 saturated heterocycles. The Morgan fingerprint density at radius 1 is 1.14 bits per heavy atom. The number of nitrogens with one attached hydrogen (secondary N) is 2. The third kappa shape index (κ3) is 6.87. The first-order valence-corrected chi connectivity index (χ1v) is 9.46. The van der Waals surface area contributed by atoms with Crippen molar-refractivity contribution in [2.45, 2.75) is 19.6 Å². The molecule has 2 rings (SSSR count). The predicted octanol–water partition coefficient (Wildman–Crippen LogP) is 2.58. The van der Waals surface area contributed by atoms with Gasteiger partial charge < -0.3 is 20.3 Å². The van der Waals surface area contributed by atoms with Gasteiger partial charge in [0.2, 0.25) is 0 Å². The minimum Gasteiger partial charge on any atom is -0.380 e.